The Kier molecular flexibility index (Phi) is 4.16. The number of rotatable bonds is 4. The van der Waals surface area contributed by atoms with Gasteiger partial charge in [-0.25, -0.2) is 8.42 Å². The molecule has 0 bridgehead atoms. The Morgan fingerprint density at radius 3 is 2.37 bits per heavy atom. The molecule has 0 aliphatic carbocycles. The molecule has 4 nitrogen and oxygen atoms in total. The summed E-state index contributed by atoms with van der Waals surface area (Å²) in [5, 5.41) is 3.16. The zero-order valence-corrected chi connectivity index (χ0v) is 12.6. The molecule has 2 atom stereocenters. The summed E-state index contributed by atoms with van der Waals surface area (Å²) in [6, 6.07) is 7.10. The van der Waals surface area contributed by atoms with Crippen molar-refractivity contribution in [2.45, 2.75) is 38.1 Å². The lowest BCUT2D eigenvalue weighted by molar-refractivity contribution is 0.405. The van der Waals surface area contributed by atoms with Gasteiger partial charge in [0.25, 0.3) is 0 Å². The summed E-state index contributed by atoms with van der Waals surface area (Å²) < 4.78 is 26.8. The molecule has 1 aromatic rings. The molecule has 2 unspecified atom stereocenters. The molecule has 1 saturated heterocycles. The van der Waals surface area contributed by atoms with E-state index in [2.05, 4.69) is 12.2 Å². The molecule has 0 spiro atoms. The van der Waals surface area contributed by atoms with E-state index >= 15 is 0 Å². The summed E-state index contributed by atoms with van der Waals surface area (Å²) in [7, 11) is -3.35. The number of hydrogen-bond acceptors (Lipinski definition) is 3. The highest BCUT2D eigenvalue weighted by molar-refractivity contribution is 7.89. The van der Waals surface area contributed by atoms with Crippen molar-refractivity contribution in [1.82, 2.24) is 4.31 Å². The molecule has 5 heteroatoms. The van der Waals surface area contributed by atoms with Gasteiger partial charge in [-0.2, -0.15) is 4.31 Å². The third-order valence-electron chi connectivity index (χ3n) is 3.57. The van der Waals surface area contributed by atoms with Crippen molar-refractivity contribution in [1.29, 1.82) is 0 Å². The highest BCUT2D eigenvalue weighted by atomic mass is 32.2. The average molecular weight is 282 g/mol. The number of hydrogen-bond donors (Lipinski definition) is 1. The SMILES string of the molecule is CCNc1ccc(S(=O)(=O)N2CC(C)CC2C)cc1. The van der Waals surface area contributed by atoms with Gasteiger partial charge in [-0.3, -0.25) is 0 Å². The minimum absolute atomic E-state index is 0.0912. The van der Waals surface area contributed by atoms with Crippen molar-refractivity contribution in [3.8, 4) is 0 Å². The molecule has 0 radical (unpaired) electrons. The maximum atomic E-state index is 12.6. The van der Waals surface area contributed by atoms with Crippen molar-refractivity contribution in [3.05, 3.63) is 24.3 Å². The monoisotopic (exact) mass is 282 g/mol. The summed E-state index contributed by atoms with van der Waals surface area (Å²) in [5.41, 5.74) is 0.948. The van der Waals surface area contributed by atoms with Crippen molar-refractivity contribution >= 4 is 15.7 Å². The molecule has 1 aromatic carbocycles. The van der Waals surface area contributed by atoms with Crippen LogP contribution in [0, 0.1) is 5.92 Å². The fourth-order valence-electron chi connectivity index (χ4n) is 2.68. The number of nitrogens with one attached hydrogen (secondary N) is 1. The van der Waals surface area contributed by atoms with Crippen LogP contribution in [0.5, 0.6) is 0 Å². The van der Waals surface area contributed by atoms with E-state index in [1.165, 1.54) is 0 Å². The van der Waals surface area contributed by atoms with Gasteiger partial charge in [-0.15, -0.1) is 0 Å². The molecule has 1 heterocycles. The Hall–Kier alpha value is -1.07. The van der Waals surface area contributed by atoms with Crippen LogP contribution >= 0.6 is 0 Å². The maximum absolute atomic E-state index is 12.6. The third-order valence-corrected chi connectivity index (χ3v) is 5.56. The van der Waals surface area contributed by atoms with Crippen molar-refractivity contribution in [3.63, 3.8) is 0 Å². The van der Waals surface area contributed by atoms with Crippen LogP contribution in [0.4, 0.5) is 5.69 Å². The van der Waals surface area contributed by atoms with Crippen LogP contribution in [0.1, 0.15) is 27.2 Å². The largest absolute Gasteiger partial charge is 0.385 e. The van der Waals surface area contributed by atoms with Gasteiger partial charge in [-0.05, 0) is 50.5 Å². The maximum Gasteiger partial charge on any atom is 0.243 e. The molecule has 19 heavy (non-hydrogen) atoms. The standard InChI is InChI=1S/C14H22N2O2S/c1-4-15-13-5-7-14(8-6-13)19(17,18)16-10-11(2)9-12(16)3/h5-8,11-12,15H,4,9-10H2,1-3H3. The van der Waals surface area contributed by atoms with Gasteiger partial charge in [0.1, 0.15) is 0 Å². The molecule has 0 saturated carbocycles. The predicted octanol–water partition coefficient (Wildman–Crippen LogP) is 2.54. The summed E-state index contributed by atoms with van der Waals surface area (Å²) in [6.45, 7) is 7.54. The van der Waals surface area contributed by atoms with Crippen molar-refractivity contribution in [2.75, 3.05) is 18.4 Å². The first-order valence-electron chi connectivity index (χ1n) is 6.81. The Morgan fingerprint density at radius 2 is 1.89 bits per heavy atom. The fraction of sp³-hybridized carbons (Fsp3) is 0.571. The highest BCUT2D eigenvalue weighted by Crippen LogP contribution is 2.29. The Bertz CT molecular complexity index is 525. The van der Waals surface area contributed by atoms with Gasteiger partial charge in [0.15, 0.2) is 0 Å². The summed E-state index contributed by atoms with van der Waals surface area (Å²) in [6.07, 6.45) is 0.939. The lowest BCUT2D eigenvalue weighted by Gasteiger charge is -2.21. The first-order chi connectivity index (χ1) is 8.95. The van der Waals surface area contributed by atoms with Gasteiger partial charge in [-0.1, -0.05) is 6.92 Å². The van der Waals surface area contributed by atoms with Crippen LogP contribution in [-0.4, -0.2) is 31.9 Å². The first kappa shape index (κ1) is 14.3. The number of sulfonamides is 1. The molecule has 1 fully saturated rings. The zero-order valence-electron chi connectivity index (χ0n) is 11.8. The zero-order chi connectivity index (χ0) is 14.0. The van der Waals surface area contributed by atoms with E-state index in [1.807, 2.05) is 26.0 Å². The van der Waals surface area contributed by atoms with E-state index in [0.717, 1.165) is 18.7 Å². The summed E-state index contributed by atoms with van der Waals surface area (Å²) >= 11 is 0. The fourth-order valence-corrected chi connectivity index (χ4v) is 4.44. The average Bonchev–Trinajstić information content (AvgIpc) is 2.70. The topological polar surface area (TPSA) is 49.4 Å². The normalized spacial score (nSPS) is 24.6. The molecular weight excluding hydrogens is 260 g/mol. The second-order valence-electron chi connectivity index (χ2n) is 5.32. The Labute approximate surface area is 115 Å². The van der Waals surface area contributed by atoms with E-state index in [1.54, 1.807) is 16.4 Å². The van der Waals surface area contributed by atoms with E-state index < -0.39 is 10.0 Å². The van der Waals surface area contributed by atoms with E-state index in [4.69, 9.17) is 0 Å². The molecule has 1 aliphatic heterocycles. The quantitative estimate of drug-likeness (QED) is 0.923. The van der Waals surface area contributed by atoms with Gasteiger partial charge >= 0.3 is 0 Å². The second kappa shape index (κ2) is 5.51. The van der Waals surface area contributed by atoms with E-state index in [0.29, 0.717) is 17.4 Å². The first-order valence-corrected chi connectivity index (χ1v) is 8.25. The highest BCUT2D eigenvalue weighted by Gasteiger charge is 2.35. The van der Waals surface area contributed by atoms with E-state index in [-0.39, 0.29) is 6.04 Å². The molecule has 106 valence electrons. The third kappa shape index (κ3) is 2.92. The van der Waals surface area contributed by atoms with Crippen LogP contribution in [0.15, 0.2) is 29.2 Å². The molecule has 0 amide bonds. The molecule has 1 aliphatic rings. The van der Waals surface area contributed by atoms with Crippen molar-refractivity contribution < 1.29 is 8.42 Å². The number of anilines is 1. The number of benzene rings is 1. The van der Waals surface area contributed by atoms with Crippen LogP contribution in [0.2, 0.25) is 0 Å². The summed E-state index contributed by atoms with van der Waals surface area (Å²) in [5.74, 6) is 0.436. The van der Waals surface area contributed by atoms with Gasteiger partial charge in [0, 0.05) is 24.8 Å². The Morgan fingerprint density at radius 1 is 1.26 bits per heavy atom. The van der Waals surface area contributed by atoms with Gasteiger partial charge < -0.3 is 5.32 Å². The summed E-state index contributed by atoms with van der Waals surface area (Å²) in [4.78, 5) is 0.384. The lowest BCUT2D eigenvalue weighted by atomic mass is 10.1. The minimum atomic E-state index is -3.35. The van der Waals surface area contributed by atoms with Gasteiger partial charge in [0.2, 0.25) is 10.0 Å². The second-order valence-corrected chi connectivity index (χ2v) is 7.21. The van der Waals surface area contributed by atoms with Gasteiger partial charge in [0.05, 0.1) is 4.90 Å². The molecular formula is C14H22N2O2S. The molecule has 1 N–H and O–H groups in total. The number of nitrogens with zero attached hydrogens (tertiary/aromatic N) is 1. The van der Waals surface area contributed by atoms with E-state index in [9.17, 15) is 8.42 Å². The van der Waals surface area contributed by atoms with Crippen LogP contribution in [-0.2, 0) is 10.0 Å². The minimum Gasteiger partial charge on any atom is -0.385 e. The van der Waals surface area contributed by atoms with Crippen LogP contribution < -0.4 is 5.32 Å². The predicted molar refractivity (Wildman–Crippen MR) is 77.7 cm³/mol. The van der Waals surface area contributed by atoms with Crippen LogP contribution in [0.25, 0.3) is 0 Å². The smallest absolute Gasteiger partial charge is 0.243 e. The lowest BCUT2D eigenvalue weighted by Crippen LogP contribution is -2.33. The molecule has 2 rings (SSSR count). The van der Waals surface area contributed by atoms with Crippen molar-refractivity contribution in [2.24, 2.45) is 5.92 Å². The molecule has 0 aromatic heterocycles. The van der Waals surface area contributed by atoms with Crippen LogP contribution in [0.3, 0.4) is 0 Å². The Balaban J connectivity index is 2.24.